The van der Waals surface area contributed by atoms with Gasteiger partial charge in [-0.25, -0.2) is 13.1 Å². The topological polar surface area (TPSA) is 95.9 Å². The molecule has 3 heterocycles. The van der Waals surface area contributed by atoms with Crippen LogP contribution < -0.4 is 10.0 Å². The molecule has 0 bridgehead atoms. The fourth-order valence-corrected chi connectivity index (χ4v) is 4.36. The van der Waals surface area contributed by atoms with Crippen LogP contribution in [0.4, 0.5) is 0 Å². The van der Waals surface area contributed by atoms with Crippen LogP contribution in [-0.2, 0) is 14.8 Å². The summed E-state index contributed by atoms with van der Waals surface area (Å²) in [6.07, 6.45) is 5.09. The van der Waals surface area contributed by atoms with E-state index >= 15 is 0 Å². The van der Waals surface area contributed by atoms with Crippen molar-refractivity contribution in [2.75, 3.05) is 46.4 Å². The van der Waals surface area contributed by atoms with Crippen molar-refractivity contribution in [3.63, 3.8) is 0 Å². The molecule has 1 atom stereocenters. The van der Waals surface area contributed by atoms with Crippen LogP contribution >= 0.6 is 0 Å². The summed E-state index contributed by atoms with van der Waals surface area (Å²) in [6, 6.07) is 3.12. The first-order chi connectivity index (χ1) is 12.0. The minimum atomic E-state index is -3.52. The number of pyridine rings is 1. The lowest BCUT2D eigenvalue weighted by Gasteiger charge is -2.25. The quantitative estimate of drug-likeness (QED) is 0.434. The van der Waals surface area contributed by atoms with Crippen LogP contribution in [0, 0.1) is 5.41 Å². The molecular weight excluding hydrogens is 342 g/mol. The molecule has 1 spiro atoms. The second kappa shape index (κ2) is 7.67. The molecule has 2 saturated heterocycles. The van der Waals surface area contributed by atoms with Crippen LogP contribution in [0.25, 0.3) is 0 Å². The first kappa shape index (κ1) is 18.1. The zero-order valence-corrected chi connectivity index (χ0v) is 15.3. The molecule has 9 heteroatoms. The number of nitrogens with zero attached hydrogens (tertiary/aromatic N) is 3. The predicted molar refractivity (Wildman–Crippen MR) is 94.8 cm³/mol. The molecule has 0 saturated carbocycles. The average Bonchev–Trinajstić information content (AvgIpc) is 3.26. The molecule has 2 N–H and O–H groups in total. The molecule has 1 aromatic heterocycles. The number of hydrogen-bond donors (Lipinski definition) is 2. The van der Waals surface area contributed by atoms with Crippen LogP contribution in [0.2, 0.25) is 0 Å². The maximum Gasteiger partial charge on any atom is 0.242 e. The lowest BCUT2D eigenvalue weighted by atomic mass is 9.87. The van der Waals surface area contributed by atoms with Crippen molar-refractivity contribution in [1.29, 1.82) is 0 Å². The number of likely N-dealkylation sites (tertiary alicyclic amines) is 1. The number of ether oxygens (including phenoxy) is 1. The van der Waals surface area contributed by atoms with Gasteiger partial charge in [-0.15, -0.1) is 0 Å². The van der Waals surface area contributed by atoms with Gasteiger partial charge in [0, 0.05) is 57.6 Å². The molecule has 0 aromatic carbocycles. The molecule has 1 unspecified atom stereocenters. The fourth-order valence-electron chi connectivity index (χ4n) is 3.37. The third-order valence-electron chi connectivity index (χ3n) is 4.78. The molecule has 0 aliphatic carbocycles. The SMILES string of the molecule is CN=C(NCCNS(=O)(=O)c1cccnc1)N1CCC2(CCOC2)C1. The molecule has 0 amide bonds. The first-order valence-corrected chi connectivity index (χ1v) is 9.96. The molecule has 25 heavy (non-hydrogen) atoms. The van der Waals surface area contributed by atoms with Crippen molar-refractivity contribution in [2.24, 2.45) is 10.4 Å². The van der Waals surface area contributed by atoms with Gasteiger partial charge in [0.25, 0.3) is 0 Å². The van der Waals surface area contributed by atoms with Crippen LogP contribution in [-0.4, -0.2) is 70.7 Å². The van der Waals surface area contributed by atoms with E-state index in [2.05, 4.69) is 24.9 Å². The maximum atomic E-state index is 12.1. The molecule has 138 valence electrons. The normalized spacial score (nSPS) is 24.2. The second-order valence-corrected chi connectivity index (χ2v) is 8.30. The summed E-state index contributed by atoms with van der Waals surface area (Å²) >= 11 is 0. The summed E-state index contributed by atoms with van der Waals surface area (Å²) < 4.78 is 32.4. The monoisotopic (exact) mass is 367 g/mol. The third-order valence-corrected chi connectivity index (χ3v) is 6.23. The minimum Gasteiger partial charge on any atom is -0.381 e. The second-order valence-electron chi connectivity index (χ2n) is 6.53. The zero-order chi connectivity index (χ0) is 17.8. The lowest BCUT2D eigenvalue weighted by Crippen LogP contribution is -2.44. The molecule has 2 aliphatic heterocycles. The van der Waals surface area contributed by atoms with Crippen molar-refractivity contribution in [3.05, 3.63) is 24.5 Å². The summed E-state index contributed by atoms with van der Waals surface area (Å²) in [5.41, 5.74) is 0.263. The molecule has 2 fully saturated rings. The maximum absolute atomic E-state index is 12.1. The van der Waals surface area contributed by atoms with Gasteiger partial charge in [-0.05, 0) is 25.0 Å². The molecule has 3 rings (SSSR count). The Kier molecular flexibility index (Phi) is 5.55. The van der Waals surface area contributed by atoms with Crippen molar-refractivity contribution in [2.45, 2.75) is 17.7 Å². The van der Waals surface area contributed by atoms with Gasteiger partial charge in [0.15, 0.2) is 5.96 Å². The van der Waals surface area contributed by atoms with E-state index in [-0.39, 0.29) is 16.9 Å². The molecular formula is C16H25N5O3S. The zero-order valence-electron chi connectivity index (χ0n) is 14.4. The smallest absolute Gasteiger partial charge is 0.242 e. The van der Waals surface area contributed by atoms with Gasteiger partial charge >= 0.3 is 0 Å². The molecule has 8 nitrogen and oxygen atoms in total. The van der Waals surface area contributed by atoms with E-state index in [4.69, 9.17) is 4.74 Å². The Bertz CT molecular complexity index is 702. The Morgan fingerprint density at radius 1 is 1.44 bits per heavy atom. The number of sulfonamides is 1. The summed E-state index contributed by atoms with van der Waals surface area (Å²) in [7, 11) is -1.78. The van der Waals surface area contributed by atoms with E-state index in [0.717, 1.165) is 45.1 Å². The van der Waals surface area contributed by atoms with Crippen molar-refractivity contribution in [3.8, 4) is 0 Å². The van der Waals surface area contributed by atoms with Crippen molar-refractivity contribution >= 4 is 16.0 Å². The number of rotatable bonds is 5. The average molecular weight is 367 g/mol. The summed E-state index contributed by atoms with van der Waals surface area (Å²) in [5.74, 6) is 0.810. The van der Waals surface area contributed by atoms with Gasteiger partial charge in [-0.3, -0.25) is 9.98 Å². The Morgan fingerprint density at radius 2 is 2.32 bits per heavy atom. The number of aliphatic imine (C=N–C) groups is 1. The van der Waals surface area contributed by atoms with Gasteiger partial charge in [-0.2, -0.15) is 0 Å². The van der Waals surface area contributed by atoms with E-state index in [9.17, 15) is 8.42 Å². The van der Waals surface area contributed by atoms with Gasteiger partial charge in [0.2, 0.25) is 10.0 Å². The number of guanidine groups is 1. The highest BCUT2D eigenvalue weighted by molar-refractivity contribution is 7.89. The van der Waals surface area contributed by atoms with Crippen LogP contribution in [0.5, 0.6) is 0 Å². The Labute approximate surface area is 148 Å². The van der Waals surface area contributed by atoms with Gasteiger partial charge in [0.1, 0.15) is 4.90 Å². The summed E-state index contributed by atoms with van der Waals surface area (Å²) in [6.45, 7) is 4.30. The highest BCUT2D eigenvalue weighted by atomic mass is 32.2. The highest BCUT2D eigenvalue weighted by Gasteiger charge is 2.42. The van der Waals surface area contributed by atoms with Gasteiger partial charge in [-0.1, -0.05) is 0 Å². The van der Waals surface area contributed by atoms with Crippen molar-refractivity contribution < 1.29 is 13.2 Å². The lowest BCUT2D eigenvalue weighted by molar-refractivity contribution is 0.156. The Morgan fingerprint density at radius 3 is 3.00 bits per heavy atom. The molecule has 2 aliphatic rings. The fraction of sp³-hybridized carbons (Fsp3) is 0.625. The highest BCUT2D eigenvalue weighted by Crippen LogP contribution is 2.38. The molecule has 1 aromatic rings. The van der Waals surface area contributed by atoms with E-state index in [0.29, 0.717) is 6.54 Å². The first-order valence-electron chi connectivity index (χ1n) is 8.48. The van der Waals surface area contributed by atoms with Crippen molar-refractivity contribution in [1.82, 2.24) is 19.9 Å². The largest absolute Gasteiger partial charge is 0.381 e. The van der Waals surface area contributed by atoms with E-state index < -0.39 is 10.0 Å². The third kappa shape index (κ3) is 4.28. The van der Waals surface area contributed by atoms with Crippen LogP contribution in [0.15, 0.2) is 34.4 Å². The molecule has 0 radical (unpaired) electrons. The standard InChI is InChI=1S/C16H25N5O3S/c1-17-15(21-9-4-16(12-21)5-10-24-13-16)19-7-8-20-25(22,23)14-3-2-6-18-11-14/h2-3,6,11,20H,4-5,7-10,12-13H2,1H3,(H,17,19). The Hall–Kier alpha value is -1.71. The Balaban J connectivity index is 1.46. The minimum absolute atomic E-state index is 0.169. The van der Waals surface area contributed by atoms with E-state index in [1.165, 1.54) is 12.3 Å². The predicted octanol–water partition coefficient (Wildman–Crippen LogP) is 0.0477. The number of nitrogens with one attached hydrogen (secondary N) is 2. The van der Waals surface area contributed by atoms with Crippen LogP contribution in [0.3, 0.4) is 0 Å². The number of aromatic nitrogens is 1. The van der Waals surface area contributed by atoms with Gasteiger partial charge < -0.3 is 15.0 Å². The van der Waals surface area contributed by atoms with E-state index in [1.807, 2.05) is 0 Å². The number of hydrogen-bond acceptors (Lipinski definition) is 5. The summed E-state index contributed by atoms with van der Waals surface area (Å²) in [5, 5.41) is 3.23. The van der Waals surface area contributed by atoms with E-state index in [1.54, 1.807) is 19.3 Å². The van der Waals surface area contributed by atoms with Gasteiger partial charge in [0.05, 0.1) is 6.61 Å². The van der Waals surface area contributed by atoms with Crippen LogP contribution in [0.1, 0.15) is 12.8 Å². The summed E-state index contributed by atoms with van der Waals surface area (Å²) in [4.78, 5) is 10.6.